The predicted molar refractivity (Wildman–Crippen MR) is 63.1 cm³/mol. The highest BCUT2D eigenvalue weighted by Gasteiger charge is 2.10. The Hall–Kier alpha value is -1.89. The maximum atomic E-state index is 10.7. The summed E-state index contributed by atoms with van der Waals surface area (Å²) < 4.78 is 4.89. The molecule has 1 aromatic rings. The first-order chi connectivity index (χ1) is 8.13. The molecule has 3 N–H and O–H groups in total. The van der Waals surface area contributed by atoms with E-state index in [4.69, 9.17) is 9.84 Å². The second-order valence-electron chi connectivity index (χ2n) is 3.41. The first-order valence-electron chi connectivity index (χ1n) is 5.17. The molecule has 1 aromatic heterocycles. The molecule has 0 aliphatic rings. The largest absolute Gasteiger partial charge is 0.480 e. The lowest BCUT2D eigenvalue weighted by Crippen LogP contribution is -2.26. The zero-order chi connectivity index (χ0) is 12.7. The summed E-state index contributed by atoms with van der Waals surface area (Å²) in [5.74, 6) is 0.157. The van der Waals surface area contributed by atoms with Crippen molar-refractivity contribution in [1.29, 1.82) is 0 Å². The van der Waals surface area contributed by atoms with Gasteiger partial charge in [-0.05, 0) is 6.92 Å². The van der Waals surface area contributed by atoms with Gasteiger partial charge in [-0.15, -0.1) is 0 Å². The fourth-order valence-electron chi connectivity index (χ4n) is 1.10. The van der Waals surface area contributed by atoms with Crippen LogP contribution >= 0.6 is 0 Å². The third kappa shape index (κ3) is 4.64. The van der Waals surface area contributed by atoms with Gasteiger partial charge in [0.15, 0.2) is 0 Å². The van der Waals surface area contributed by atoms with Crippen molar-refractivity contribution in [3.8, 4) is 0 Å². The van der Waals surface area contributed by atoms with E-state index in [0.29, 0.717) is 24.8 Å². The first kappa shape index (κ1) is 13.2. The third-order valence-electron chi connectivity index (χ3n) is 2.01. The number of aromatic nitrogens is 2. The van der Waals surface area contributed by atoms with E-state index in [-0.39, 0.29) is 0 Å². The van der Waals surface area contributed by atoms with E-state index in [9.17, 15) is 4.79 Å². The molecule has 0 bridgehead atoms. The summed E-state index contributed by atoms with van der Waals surface area (Å²) in [4.78, 5) is 18.6. The smallest absolute Gasteiger partial charge is 0.325 e. The number of nitrogens with zero attached hydrogens (tertiary/aromatic N) is 2. The van der Waals surface area contributed by atoms with Crippen molar-refractivity contribution in [2.75, 3.05) is 30.9 Å². The Morgan fingerprint density at radius 2 is 2.24 bits per heavy atom. The van der Waals surface area contributed by atoms with E-state index in [2.05, 4.69) is 20.6 Å². The summed E-state index contributed by atoms with van der Waals surface area (Å²) in [6.07, 6.45) is 1.37. The lowest BCUT2D eigenvalue weighted by molar-refractivity contribution is -0.137. The van der Waals surface area contributed by atoms with Gasteiger partial charge in [-0.3, -0.25) is 4.79 Å². The third-order valence-corrected chi connectivity index (χ3v) is 2.01. The summed E-state index contributed by atoms with van der Waals surface area (Å²) in [6, 6.07) is 0.950. The van der Waals surface area contributed by atoms with Gasteiger partial charge in [-0.25, -0.2) is 9.97 Å². The fourth-order valence-corrected chi connectivity index (χ4v) is 1.10. The molecule has 0 saturated heterocycles. The van der Waals surface area contributed by atoms with E-state index in [1.165, 1.54) is 6.33 Å². The van der Waals surface area contributed by atoms with Crippen molar-refractivity contribution in [3.63, 3.8) is 0 Å². The molecule has 1 heterocycles. The highest BCUT2D eigenvalue weighted by Crippen LogP contribution is 2.09. The molecule has 0 aromatic carbocycles. The number of carboxylic acids is 1. The molecule has 94 valence electrons. The minimum atomic E-state index is -0.933. The van der Waals surface area contributed by atoms with Crippen molar-refractivity contribution >= 4 is 17.6 Å². The van der Waals surface area contributed by atoms with Gasteiger partial charge in [0.25, 0.3) is 0 Å². The van der Waals surface area contributed by atoms with Crippen LogP contribution in [0.1, 0.15) is 6.92 Å². The number of hydrogen-bond donors (Lipinski definition) is 3. The Kier molecular flexibility index (Phi) is 5.15. The number of aliphatic carboxylic acids is 1. The topological polar surface area (TPSA) is 96.4 Å². The number of hydrogen-bond acceptors (Lipinski definition) is 6. The molecule has 0 aliphatic heterocycles. The molecule has 0 amide bonds. The standard InChI is InChI=1S/C10H16N4O3/c1-7(10(15)16)14-9-5-8(12-6-13-9)11-3-4-17-2/h5-7H,3-4H2,1-2H3,(H,15,16)(H2,11,12,13,14). The number of carboxylic acid groups (broad SMARTS) is 1. The van der Waals surface area contributed by atoms with Crippen molar-refractivity contribution in [1.82, 2.24) is 9.97 Å². The van der Waals surface area contributed by atoms with Gasteiger partial charge in [0, 0.05) is 19.7 Å². The maximum Gasteiger partial charge on any atom is 0.325 e. The molecule has 0 fully saturated rings. The van der Waals surface area contributed by atoms with Gasteiger partial charge >= 0.3 is 5.97 Å². The highest BCUT2D eigenvalue weighted by atomic mass is 16.5. The molecule has 1 atom stereocenters. The van der Waals surface area contributed by atoms with Crippen molar-refractivity contribution in [2.45, 2.75) is 13.0 Å². The Bertz CT molecular complexity index is 372. The molecule has 0 radical (unpaired) electrons. The summed E-state index contributed by atoms with van der Waals surface area (Å²) in [7, 11) is 1.61. The fraction of sp³-hybridized carbons (Fsp3) is 0.500. The Labute approximate surface area is 99.2 Å². The van der Waals surface area contributed by atoms with Gasteiger partial charge in [0.05, 0.1) is 6.61 Å². The number of anilines is 2. The van der Waals surface area contributed by atoms with Crippen LogP contribution in [0.4, 0.5) is 11.6 Å². The predicted octanol–water partition coefficient (Wildman–Crippen LogP) is 0.420. The molecule has 1 unspecified atom stereocenters. The quantitative estimate of drug-likeness (QED) is 0.594. The van der Waals surface area contributed by atoms with Crippen LogP contribution < -0.4 is 10.6 Å². The van der Waals surface area contributed by atoms with Gasteiger partial charge in [-0.2, -0.15) is 0 Å². The van der Waals surface area contributed by atoms with Crippen LogP contribution in [0, 0.1) is 0 Å². The molecule has 1 rings (SSSR count). The molecular formula is C10H16N4O3. The summed E-state index contributed by atoms with van der Waals surface area (Å²) >= 11 is 0. The van der Waals surface area contributed by atoms with Crippen molar-refractivity contribution in [3.05, 3.63) is 12.4 Å². The zero-order valence-electron chi connectivity index (χ0n) is 9.80. The lowest BCUT2D eigenvalue weighted by Gasteiger charge is -2.11. The number of ether oxygens (including phenoxy) is 1. The number of carbonyl (C=O) groups is 1. The van der Waals surface area contributed by atoms with E-state index >= 15 is 0 Å². The number of methoxy groups -OCH3 is 1. The molecule has 0 saturated carbocycles. The van der Waals surface area contributed by atoms with Gasteiger partial charge in [0.2, 0.25) is 0 Å². The van der Waals surface area contributed by atoms with E-state index in [0.717, 1.165) is 0 Å². The van der Waals surface area contributed by atoms with Crippen LogP contribution in [0.15, 0.2) is 12.4 Å². The SMILES string of the molecule is COCCNc1cc(NC(C)C(=O)O)ncn1. The molecule has 7 heteroatoms. The molecular weight excluding hydrogens is 224 g/mol. The average Bonchev–Trinajstić information content (AvgIpc) is 2.30. The second kappa shape index (κ2) is 6.64. The minimum Gasteiger partial charge on any atom is -0.480 e. The first-order valence-corrected chi connectivity index (χ1v) is 5.17. The van der Waals surface area contributed by atoms with Gasteiger partial charge < -0.3 is 20.5 Å². The molecule has 7 nitrogen and oxygen atoms in total. The van der Waals surface area contributed by atoms with Crippen LogP contribution in [-0.4, -0.2) is 47.3 Å². The number of rotatable bonds is 7. The normalized spacial score (nSPS) is 11.9. The van der Waals surface area contributed by atoms with E-state index in [1.807, 2.05) is 0 Å². The molecule has 0 spiro atoms. The van der Waals surface area contributed by atoms with Crippen molar-refractivity contribution in [2.24, 2.45) is 0 Å². The van der Waals surface area contributed by atoms with Crippen LogP contribution in [-0.2, 0) is 9.53 Å². The maximum absolute atomic E-state index is 10.7. The monoisotopic (exact) mass is 240 g/mol. The molecule has 0 aliphatic carbocycles. The van der Waals surface area contributed by atoms with Crippen LogP contribution in [0.3, 0.4) is 0 Å². The molecule has 17 heavy (non-hydrogen) atoms. The summed E-state index contributed by atoms with van der Waals surface area (Å²) in [6.45, 7) is 2.74. The van der Waals surface area contributed by atoms with Crippen LogP contribution in [0.5, 0.6) is 0 Å². The highest BCUT2D eigenvalue weighted by molar-refractivity contribution is 5.76. The minimum absolute atomic E-state index is 0.467. The lowest BCUT2D eigenvalue weighted by atomic mass is 10.3. The van der Waals surface area contributed by atoms with E-state index < -0.39 is 12.0 Å². The second-order valence-corrected chi connectivity index (χ2v) is 3.41. The van der Waals surface area contributed by atoms with Gasteiger partial charge in [0.1, 0.15) is 24.0 Å². The number of nitrogens with one attached hydrogen (secondary N) is 2. The van der Waals surface area contributed by atoms with Crippen LogP contribution in [0.2, 0.25) is 0 Å². The van der Waals surface area contributed by atoms with Gasteiger partial charge in [-0.1, -0.05) is 0 Å². The summed E-state index contributed by atoms with van der Waals surface area (Å²) in [5, 5.41) is 14.5. The Morgan fingerprint density at radius 3 is 2.88 bits per heavy atom. The van der Waals surface area contributed by atoms with Crippen LogP contribution in [0.25, 0.3) is 0 Å². The van der Waals surface area contributed by atoms with E-state index in [1.54, 1.807) is 20.1 Å². The average molecular weight is 240 g/mol. The summed E-state index contributed by atoms with van der Waals surface area (Å²) in [5.41, 5.74) is 0. The Balaban J connectivity index is 2.56. The Morgan fingerprint density at radius 1 is 1.53 bits per heavy atom. The van der Waals surface area contributed by atoms with Crippen molar-refractivity contribution < 1.29 is 14.6 Å². The zero-order valence-corrected chi connectivity index (χ0v) is 9.80.